The van der Waals surface area contributed by atoms with Gasteiger partial charge in [-0.1, -0.05) is 11.6 Å². The third-order valence-corrected chi connectivity index (χ3v) is 4.86. The monoisotopic (exact) mass is 381 g/mol. The Balaban J connectivity index is 1.68. The zero-order valence-corrected chi connectivity index (χ0v) is 15.3. The van der Waals surface area contributed by atoms with E-state index >= 15 is 0 Å². The van der Waals surface area contributed by atoms with Gasteiger partial charge in [0.25, 0.3) is 5.91 Å². The zero-order valence-electron chi connectivity index (χ0n) is 14.6. The molecular weight excluding hydrogens is 366 g/mol. The van der Waals surface area contributed by atoms with Crippen LogP contribution in [0.5, 0.6) is 5.75 Å². The fourth-order valence-corrected chi connectivity index (χ4v) is 3.35. The van der Waals surface area contributed by atoms with Crippen LogP contribution in [0.4, 0.5) is 0 Å². The number of carbonyl (C=O) groups excluding carboxylic acids is 1. The van der Waals surface area contributed by atoms with E-state index in [1.807, 2.05) is 0 Å². The molecule has 1 amide bonds. The van der Waals surface area contributed by atoms with Crippen LogP contribution in [-0.4, -0.2) is 44.4 Å². The van der Waals surface area contributed by atoms with Crippen molar-refractivity contribution in [1.29, 1.82) is 0 Å². The van der Waals surface area contributed by atoms with Crippen molar-refractivity contribution in [3.63, 3.8) is 0 Å². The number of amides is 1. The molecule has 0 saturated heterocycles. The minimum Gasteiger partial charge on any atom is -0.497 e. The van der Waals surface area contributed by atoms with E-state index in [-0.39, 0.29) is 5.91 Å². The second kappa shape index (κ2) is 7.28. The van der Waals surface area contributed by atoms with Gasteiger partial charge >= 0.3 is 0 Å². The highest BCUT2D eigenvalue weighted by Crippen LogP contribution is 2.29. The third kappa shape index (κ3) is 3.33. The number of benzene rings is 1. The lowest BCUT2D eigenvalue weighted by atomic mass is 10.00. The smallest absolute Gasteiger partial charge is 0.255 e. The molecule has 1 aromatic carbocycles. The van der Waals surface area contributed by atoms with E-state index in [4.69, 9.17) is 16.3 Å². The Morgan fingerprint density at radius 2 is 2.00 bits per heavy atom. The zero-order chi connectivity index (χ0) is 18.8. The van der Waals surface area contributed by atoms with Crippen molar-refractivity contribution in [2.24, 2.45) is 0 Å². The van der Waals surface area contributed by atoms with Crippen LogP contribution in [0, 0.1) is 0 Å². The average molecular weight is 382 g/mol. The lowest BCUT2D eigenvalue weighted by Crippen LogP contribution is -2.37. The lowest BCUT2D eigenvalue weighted by molar-refractivity contribution is 0.0733. The van der Waals surface area contributed by atoms with Gasteiger partial charge in [0, 0.05) is 43.0 Å². The lowest BCUT2D eigenvalue weighted by Gasteiger charge is -2.29. The number of hydrogen-bond donors (Lipinski definition) is 0. The predicted molar refractivity (Wildman–Crippen MR) is 99.5 cm³/mol. The molecule has 4 rings (SSSR count). The SMILES string of the molecule is COc1ccc(Cl)c(C(=O)N2CCc3ncnc(-c4cncnc4)c3C2)c1. The van der Waals surface area contributed by atoms with Crippen molar-refractivity contribution in [2.75, 3.05) is 13.7 Å². The van der Waals surface area contributed by atoms with Crippen LogP contribution in [0.2, 0.25) is 5.02 Å². The van der Waals surface area contributed by atoms with Crippen LogP contribution < -0.4 is 4.74 Å². The van der Waals surface area contributed by atoms with Gasteiger partial charge in [-0.05, 0) is 18.2 Å². The van der Waals surface area contributed by atoms with Crippen LogP contribution in [0.3, 0.4) is 0 Å². The maximum Gasteiger partial charge on any atom is 0.255 e. The van der Waals surface area contributed by atoms with Crippen LogP contribution in [-0.2, 0) is 13.0 Å². The molecular formula is C19H16ClN5O2. The van der Waals surface area contributed by atoms with Gasteiger partial charge in [-0.15, -0.1) is 0 Å². The average Bonchev–Trinajstić information content (AvgIpc) is 2.73. The van der Waals surface area contributed by atoms with Crippen LogP contribution in [0.25, 0.3) is 11.3 Å². The first-order chi connectivity index (χ1) is 13.2. The number of fused-ring (bicyclic) bond motifs is 1. The van der Waals surface area contributed by atoms with Crippen molar-refractivity contribution in [2.45, 2.75) is 13.0 Å². The molecule has 0 unspecified atom stereocenters. The minimum absolute atomic E-state index is 0.149. The van der Waals surface area contributed by atoms with E-state index in [1.54, 1.807) is 42.6 Å². The number of ether oxygens (including phenoxy) is 1. The highest BCUT2D eigenvalue weighted by Gasteiger charge is 2.27. The van der Waals surface area contributed by atoms with Crippen molar-refractivity contribution in [3.05, 3.63) is 65.1 Å². The molecule has 3 heterocycles. The molecule has 0 radical (unpaired) electrons. The van der Waals surface area contributed by atoms with E-state index in [0.29, 0.717) is 35.8 Å². The van der Waals surface area contributed by atoms with Gasteiger partial charge in [-0.2, -0.15) is 0 Å². The summed E-state index contributed by atoms with van der Waals surface area (Å²) in [6.45, 7) is 0.952. The highest BCUT2D eigenvalue weighted by atomic mass is 35.5. The second-order valence-corrected chi connectivity index (χ2v) is 6.50. The summed E-state index contributed by atoms with van der Waals surface area (Å²) in [4.78, 5) is 31.7. The normalized spacial score (nSPS) is 13.2. The molecule has 27 heavy (non-hydrogen) atoms. The fourth-order valence-electron chi connectivity index (χ4n) is 3.15. The first-order valence-electron chi connectivity index (χ1n) is 8.38. The molecule has 0 fully saturated rings. The summed E-state index contributed by atoms with van der Waals surface area (Å²) in [5.41, 5.74) is 3.80. The maximum atomic E-state index is 13.1. The number of rotatable bonds is 3. The van der Waals surface area contributed by atoms with Crippen molar-refractivity contribution < 1.29 is 9.53 Å². The number of methoxy groups -OCH3 is 1. The van der Waals surface area contributed by atoms with E-state index in [9.17, 15) is 4.79 Å². The van der Waals surface area contributed by atoms with Gasteiger partial charge in [0.1, 0.15) is 18.4 Å². The Kier molecular flexibility index (Phi) is 4.68. The quantitative estimate of drug-likeness (QED) is 0.694. The summed E-state index contributed by atoms with van der Waals surface area (Å²) < 4.78 is 5.22. The Morgan fingerprint density at radius 1 is 1.19 bits per heavy atom. The molecule has 0 atom stereocenters. The predicted octanol–water partition coefficient (Wildman–Crippen LogP) is 2.79. The fraction of sp³-hybridized carbons (Fsp3) is 0.211. The first-order valence-corrected chi connectivity index (χ1v) is 8.76. The molecule has 8 heteroatoms. The Labute approximate surface area is 161 Å². The summed E-state index contributed by atoms with van der Waals surface area (Å²) in [5.74, 6) is 0.439. The van der Waals surface area contributed by atoms with E-state index < -0.39 is 0 Å². The van der Waals surface area contributed by atoms with Gasteiger partial charge in [-0.3, -0.25) is 4.79 Å². The van der Waals surface area contributed by atoms with E-state index in [0.717, 1.165) is 22.5 Å². The number of hydrogen-bond acceptors (Lipinski definition) is 6. The largest absolute Gasteiger partial charge is 0.497 e. The molecule has 0 bridgehead atoms. The minimum atomic E-state index is -0.149. The topological polar surface area (TPSA) is 81.1 Å². The van der Waals surface area contributed by atoms with Gasteiger partial charge in [-0.25, -0.2) is 19.9 Å². The van der Waals surface area contributed by atoms with E-state index in [2.05, 4.69) is 19.9 Å². The molecule has 3 aromatic rings. The number of aromatic nitrogens is 4. The van der Waals surface area contributed by atoms with Gasteiger partial charge < -0.3 is 9.64 Å². The molecule has 0 aliphatic carbocycles. The van der Waals surface area contributed by atoms with Crippen LogP contribution >= 0.6 is 11.6 Å². The first kappa shape index (κ1) is 17.4. The van der Waals surface area contributed by atoms with Crippen molar-refractivity contribution >= 4 is 17.5 Å². The molecule has 2 aromatic heterocycles. The second-order valence-electron chi connectivity index (χ2n) is 6.10. The Hall–Kier alpha value is -3.06. The Morgan fingerprint density at radius 3 is 2.78 bits per heavy atom. The Bertz CT molecular complexity index is 997. The third-order valence-electron chi connectivity index (χ3n) is 4.53. The number of carbonyl (C=O) groups is 1. The summed E-state index contributed by atoms with van der Waals surface area (Å²) in [5, 5.41) is 0.396. The maximum absolute atomic E-state index is 13.1. The van der Waals surface area contributed by atoms with Gasteiger partial charge in [0.05, 0.1) is 29.1 Å². The summed E-state index contributed by atoms with van der Waals surface area (Å²) >= 11 is 6.25. The summed E-state index contributed by atoms with van der Waals surface area (Å²) in [6, 6.07) is 5.06. The van der Waals surface area contributed by atoms with E-state index in [1.165, 1.54) is 12.7 Å². The van der Waals surface area contributed by atoms with Crippen LogP contribution in [0.15, 0.2) is 43.2 Å². The molecule has 1 aliphatic rings. The number of nitrogens with zero attached hydrogens (tertiary/aromatic N) is 5. The standard InChI is InChI=1S/C19H16ClN5O2/c1-27-13-2-3-16(20)14(6-13)19(26)25-5-4-17-15(9-25)18(24-11-23-17)12-7-21-10-22-8-12/h2-3,6-8,10-11H,4-5,9H2,1H3. The molecule has 0 spiro atoms. The summed E-state index contributed by atoms with van der Waals surface area (Å²) in [6.07, 6.45) is 7.06. The molecule has 0 saturated carbocycles. The van der Waals surface area contributed by atoms with Crippen molar-refractivity contribution in [3.8, 4) is 17.0 Å². The van der Waals surface area contributed by atoms with Crippen LogP contribution in [0.1, 0.15) is 21.6 Å². The van der Waals surface area contributed by atoms with Gasteiger partial charge in [0.2, 0.25) is 0 Å². The molecule has 1 aliphatic heterocycles. The summed E-state index contributed by atoms with van der Waals surface area (Å²) in [7, 11) is 1.56. The molecule has 136 valence electrons. The molecule has 0 N–H and O–H groups in total. The molecule has 7 nitrogen and oxygen atoms in total. The van der Waals surface area contributed by atoms with Crippen molar-refractivity contribution in [1.82, 2.24) is 24.8 Å². The van der Waals surface area contributed by atoms with Gasteiger partial charge in [0.15, 0.2) is 0 Å². The number of halogens is 1. The highest BCUT2D eigenvalue weighted by molar-refractivity contribution is 6.33.